The molecule has 10 aromatic rings. The van der Waals surface area contributed by atoms with Gasteiger partial charge in [-0.05, 0) is 63.4 Å². The van der Waals surface area contributed by atoms with Gasteiger partial charge >= 0.3 is 0 Å². The second kappa shape index (κ2) is 15.2. The van der Waals surface area contributed by atoms with Gasteiger partial charge in [-0.2, -0.15) is 0 Å². The van der Waals surface area contributed by atoms with E-state index in [-0.39, 0.29) is 0 Å². The lowest BCUT2D eigenvalue weighted by Gasteiger charge is -2.19. The highest BCUT2D eigenvalue weighted by Crippen LogP contribution is 2.45. The van der Waals surface area contributed by atoms with Crippen LogP contribution in [0.1, 0.15) is 11.4 Å². The highest BCUT2D eigenvalue weighted by atomic mass is 16.5. The SMILES string of the molecule is C=C1/C=C\C=C(\c2nc(-c3ccccc3)nc(-c3ccccc3)n2)Cc2cccc(-n3c4ccc(-c5ccccc5)cc4c4c5ccccc5c(-c5ccccc5)cc43)c2O1. The number of allylic oxidation sites excluding steroid dienone is 4. The van der Waals surface area contributed by atoms with Crippen LogP contribution in [-0.4, -0.2) is 19.5 Å². The molecule has 1 aliphatic heterocycles. The van der Waals surface area contributed by atoms with E-state index >= 15 is 0 Å². The number of fused-ring (bicyclic) bond motifs is 6. The topological polar surface area (TPSA) is 52.8 Å². The number of hydrogen-bond donors (Lipinski definition) is 0. The number of benzene rings is 8. The predicted octanol–water partition coefficient (Wildman–Crippen LogP) is 13.9. The van der Waals surface area contributed by atoms with E-state index in [1.807, 2.05) is 72.8 Å². The van der Waals surface area contributed by atoms with Crippen LogP contribution in [0.4, 0.5) is 0 Å². The van der Waals surface area contributed by atoms with Crippen LogP contribution >= 0.6 is 0 Å². The van der Waals surface area contributed by atoms with Crippen LogP contribution in [0.5, 0.6) is 5.75 Å². The Bertz CT molecular complexity index is 3290. The van der Waals surface area contributed by atoms with E-state index in [4.69, 9.17) is 19.7 Å². The molecule has 5 nitrogen and oxygen atoms in total. The molecule has 0 radical (unpaired) electrons. The van der Waals surface area contributed by atoms with Crippen molar-refractivity contribution >= 4 is 38.2 Å². The van der Waals surface area contributed by atoms with Crippen molar-refractivity contribution in [1.29, 1.82) is 0 Å². The van der Waals surface area contributed by atoms with Crippen molar-refractivity contribution in [3.63, 3.8) is 0 Å². The molecule has 61 heavy (non-hydrogen) atoms. The molecule has 0 fully saturated rings. The van der Waals surface area contributed by atoms with E-state index in [1.165, 1.54) is 32.7 Å². The van der Waals surface area contributed by atoms with E-state index in [9.17, 15) is 0 Å². The number of ether oxygens (including phenoxy) is 1. The van der Waals surface area contributed by atoms with Crippen LogP contribution < -0.4 is 4.74 Å². The van der Waals surface area contributed by atoms with Gasteiger partial charge in [0.15, 0.2) is 23.2 Å². The second-order valence-electron chi connectivity index (χ2n) is 15.3. The zero-order chi connectivity index (χ0) is 40.7. The minimum Gasteiger partial charge on any atom is -0.455 e. The fourth-order valence-electron chi connectivity index (χ4n) is 8.62. The number of nitrogens with zero attached hydrogens (tertiary/aromatic N) is 4. The molecule has 1 aliphatic rings. The molecule has 0 N–H and O–H groups in total. The van der Waals surface area contributed by atoms with Gasteiger partial charge in [-0.15, -0.1) is 0 Å². The fraction of sp³-hybridized carbons (Fsp3) is 0.0179. The summed E-state index contributed by atoms with van der Waals surface area (Å²) in [5.74, 6) is 3.09. The monoisotopic (exact) mass is 782 g/mol. The summed E-state index contributed by atoms with van der Waals surface area (Å²) in [5.41, 5.74) is 11.5. The van der Waals surface area contributed by atoms with Crippen LogP contribution in [-0.2, 0) is 6.42 Å². The van der Waals surface area contributed by atoms with Crippen LogP contribution in [0.3, 0.4) is 0 Å². The molecule has 0 spiro atoms. The highest BCUT2D eigenvalue weighted by Gasteiger charge is 2.24. The summed E-state index contributed by atoms with van der Waals surface area (Å²) in [6, 6.07) is 65.8. The van der Waals surface area contributed by atoms with Gasteiger partial charge in [0.25, 0.3) is 0 Å². The maximum Gasteiger partial charge on any atom is 0.164 e. The first-order chi connectivity index (χ1) is 30.2. The summed E-state index contributed by atoms with van der Waals surface area (Å²) < 4.78 is 9.22. The maximum atomic E-state index is 6.85. The Labute approximate surface area is 353 Å². The molecule has 3 heterocycles. The van der Waals surface area contributed by atoms with Crippen LogP contribution in [0.15, 0.2) is 219 Å². The molecule has 5 heteroatoms. The van der Waals surface area contributed by atoms with Crippen molar-refractivity contribution in [1.82, 2.24) is 19.5 Å². The van der Waals surface area contributed by atoms with Gasteiger partial charge in [-0.1, -0.05) is 183 Å². The van der Waals surface area contributed by atoms with Crippen molar-refractivity contribution in [3.8, 4) is 56.5 Å². The summed E-state index contributed by atoms with van der Waals surface area (Å²) in [5, 5.41) is 4.76. The largest absolute Gasteiger partial charge is 0.455 e. The number of aromatic nitrogens is 4. The Hall–Kier alpha value is -8.15. The third-order valence-electron chi connectivity index (χ3n) is 11.5. The van der Waals surface area contributed by atoms with Gasteiger partial charge in [0.2, 0.25) is 0 Å². The normalized spacial score (nSPS) is 14.1. The highest BCUT2D eigenvalue weighted by molar-refractivity contribution is 6.24. The first-order valence-corrected chi connectivity index (χ1v) is 20.5. The molecular weight excluding hydrogens is 745 g/mol. The third-order valence-corrected chi connectivity index (χ3v) is 11.5. The van der Waals surface area contributed by atoms with Gasteiger partial charge in [0, 0.05) is 39.5 Å². The third kappa shape index (κ3) is 6.59. The quantitative estimate of drug-likeness (QED) is 0.169. The molecule has 0 unspecified atom stereocenters. The van der Waals surface area contributed by atoms with Gasteiger partial charge < -0.3 is 9.30 Å². The van der Waals surface area contributed by atoms with Gasteiger partial charge in [-0.3, -0.25) is 0 Å². The summed E-state index contributed by atoms with van der Waals surface area (Å²) in [7, 11) is 0. The van der Waals surface area contributed by atoms with E-state index in [0.717, 1.165) is 55.9 Å². The van der Waals surface area contributed by atoms with Crippen molar-refractivity contribution in [2.75, 3.05) is 0 Å². The Kier molecular flexibility index (Phi) is 8.98. The Morgan fingerprint density at radius 3 is 1.74 bits per heavy atom. The van der Waals surface area contributed by atoms with Crippen molar-refractivity contribution in [3.05, 3.63) is 230 Å². The average molecular weight is 783 g/mol. The smallest absolute Gasteiger partial charge is 0.164 e. The Morgan fingerprint density at radius 2 is 1.07 bits per heavy atom. The second-order valence-corrected chi connectivity index (χ2v) is 15.3. The number of rotatable bonds is 6. The lowest BCUT2D eigenvalue weighted by molar-refractivity contribution is 0.441. The zero-order valence-corrected chi connectivity index (χ0v) is 33.2. The van der Waals surface area contributed by atoms with Crippen LogP contribution in [0, 0.1) is 0 Å². The van der Waals surface area contributed by atoms with Crippen LogP contribution in [0.2, 0.25) is 0 Å². The molecule has 11 rings (SSSR count). The predicted molar refractivity (Wildman–Crippen MR) is 250 cm³/mol. The molecule has 8 aromatic carbocycles. The van der Waals surface area contributed by atoms with Gasteiger partial charge in [0.1, 0.15) is 5.76 Å². The maximum absolute atomic E-state index is 6.85. The van der Waals surface area contributed by atoms with E-state index < -0.39 is 0 Å². The zero-order valence-electron chi connectivity index (χ0n) is 33.2. The molecule has 0 amide bonds. The first kappa shape index (κ1) is 36.0. The summed E-state index contributed by atoms with van der Waals surface area (Å²) in [6.45, 7) is 4.36. The first-order valence-electron chi connectivity index (χ1n) is 20.5. The standard InChI is InChI=1S/C56H38N4O/c1-37-18-16-28-44(56-58-54(40-23-10-4-11-24-40)57-55(59-56)41-25-12-5-13-26-41)34-43-27-17-31-50(53(43)61-37)60-49-33-32-42(38-19-6-2-7-20-38)35-48(49)52-46-30-15-14-29-45(46)47(36-51(52)60)39-21-8-3-9-22-39/h2-33,35-36H,1,34H2/b18-16-,44-28+. The Balaban J connectivity index is 1.15. The van der Waals surface area contributed by atoms with Crippen LogP contribution in [0.25, 0.3) is 88.9 Å². The lowest BCUT2D eigenvalue weighted by atomic mass is 9.94. The number of hydrogen-bond acceptors (Lipinski definition) is 4. The molecular formula is C56H38N4O. The molecule has 0 atom stereocenters. The lowest BCUT2D eigenvalue weighted by Crippen LogP contribution is -2.06. The number of para-hydroxylation sites is 1. The summed E-state index contributed by atoms with van der Waals surface area (Å²) in [6.07, 6.45) is 6.45. The van der Waals surface area contributed by atoms with Gasteiger partial charge in [-0.25, -0.2) is 15.0 Å². The molecule has 2 aromatic heterocycles. The molecule has 0 saturated heterocycles. The Morgan fingerprint density at radius 1 is 0.475 bits per heavy atom. The molecule has 288 valence electrons. The fourth-order valence-corrected chi connectivity index (χ4v) is 8.62. The van der Waals surface area contributed by atoms with Crippen molar-refractivity contribution in [2.45, 2.75) is 6.42 Å². The molecule has 0 aliphatic carbocycles. The van der Waals surface area contributed by atoms with E-state index in [2.05, 4.69) is 145 Å². The minimum absolute atomic E-state index is 0.501. The van der Waals surface area contributed by atoms with Crippen molar-refractivity contribution in [2.24, 2.45) is 0 Å². The van der Waals surface area contributed by atoms with Crippen molar-refractivity contribution < 1.29 is 4.74 Å². The molecule has 0 bridgehead atoms. The van der Waals surface area contributed by atoms with E-state index in [0.29, 0.717) is 29.7 Å². The molecule has 0 saturated carbocycles. The summed E-state index contributed by atoms with van der Waals surface area (Å²) in [4.78, 5) is 15.2. The average Bonchev–Trinajstić information content (AvgIpc) is 3.69. The van der Waals surface area contributed by atoms with E-state index in [1.54, 1.807) is 0 Å². The summed E-state index contributed by atoms with van der Waals surface area (Å²) >= 11 is 0. The van der Waals surface area contributed by atoms with Gasteiger partial charge in [0.05, 0.1) is 16.7 Å². The minimum atomic E-state index is 0.501.